The van der Waals surface area contributed by atoms with Crippen molar-refractivity contribution in [2.24, 2.45) is 0 Å². The molecule has 0 heterocycles. The Labute approximate surface area is 283 Å². The van der Waals surface area contributed by atoms with Crippen LogP contribution in [0, 0.1) is 55.4 Å². The fraction of sp³-hybridized carbons (Fsp3) is 0.227. The third-order valence-electron chi connectivity index (χ3n) is 10.2. The summed E-state index contributed by atoms with van der Waals surface area (Å²) >= 11 is 0. The number of benzene rings is 6. The van der Waals surface area contributed by atoms with Crippen LogP contribution in [-0.2, 0) is 0 Å². The molecule has 0 radical (unpaired) electrons. The molecule has 6 aromatic carbocycles. The van der Waals surface area contributed by atoms with Crippen molar-refractivity contribution in [1.82, 2.24) is 0 Å². The summed E-state index contributed by atoms with van der Waals surface area (Å²) in [5.41, 5.74) is 13.9. The van der Waals surface area contributed by atoms with Gasteiger partial charge in [0.05, 0.1) is 0 Å². The minimum atomic E-state index is -0.170. The molecule has 0 aliphatic heterocycles. The molecule has 0 atom stereocenters. The van der Waals surface area contributed by atoms with Crippen molar-refractivity contribution in [2.75, 3.05) is 0 Å². The predicted molar refractivity (Wildman–Crippen MR) is 196 cm³/mol. The second-order valence-electron chi connectivity index (χ2n) is 13.6. The molecule has 4 heteroatoms. The van der Waals surface area contributed by atoms with E-state index in [1.165, 1.54) is 0 Å². The Hall–Kier alpha value is -5.22. The van der Waals surface area contributed by atoms with Crippen LogP contribution >= 0.6 is 0 Å². The molecule has 0 aliphatic rings. The van der Waals surface area contributed by atoms with E-state index in [9.17, 15) is 20.4 Å². The third kappa shape index (κ3) is 5.66. The van der Waals surface area contributed by atoms with E-state index in [1.54, 1.807) is 0 Å². The van der Waals surface area contributed by atoms with Gasteiger partial charge in [-0.15, -0.1) is 0 Å². The van der Waals surface area contributed by atoms with Gasteiger partial charge in [0.15, 0.2) is 0 Å². The number of phenols is 4. The Morgan fingerprint density at radius 1 is 0.312 bits per heavy atom. The van der Waals surface area contributed by atoms with E-state index >= 15 is 0 Å². The number of fused-ring (bicyclic) bond motifs is 1. The number of phenolic OH excluding ortho intramolecular Hbond substituents is 4. The van der Waals surface area contributed by atoms with Crippen LogP contribution in [0.25, 0.3) is 10.8 Å². The third-order valence-corrected chi connectivity index (χ3v) is 10.2. The first kappa shape index (κ1) is 32.7. The molecule has 6 rings (SSSR count). The lowest BCUT2D eigenvalue weighted by molar-refractivity contribution is 0.469. The van der Waals surface area contributed by atoms with Gasteiger partial charge >= 0.3 is 0 Å². The standard InChI is InChI=1S/C44H44O4/c1-23-19-39(45)27(5)15-35(23)43(36-16-28(6)40(46)20-24(36)2)33-13-14-34(32-12-10-9-11-31(32)33)44(37-17-29(7)41(47)21-25(37)3)38-18-30(8)42(48)22-26(38)4/h9-22,43-48H,1-8H3. The molecular weight excluding hydrogens is 592 g/mol. The lowest BCUT2D eigenvalue weighted by Gasteiger charge is -2.29. The summed E-state index contributed by atoms with van der Waals surface area (Å²) in [7, 11) is 0. The van der Waals surface area contributed by atoms with Gasteiger partial charge in [0, 0.05) is 11.8 Å². The average Bonchev–Trinajstić information content (AvgIpc) is 3.03. The van der Waals surface area contributed by atoms with Crippen molar-refractivity contribution < 1.29 is 20.4 Å². The van der Waals surface area contributed by atoms with Crippen molar-refractivity contribution in [1.29, 1.82) is 0 Å². The molecule has 0 aliphatic carbocycles. The van der Waals surface area contributed by atoms with Crippen molar-refractivity contribution in [3.8, 4) is 23.0 Å². The molecule has 48 heavy (non-hydrogen) atoms. The monoisotopic (exact) mass is 636 g/mol. The first-order valence-electron chi connectivity index (χ1n) is 16.5. The lowest BCUT2D eigenvalue weighted by Crippen LogP contribution is -2.12. The summed E-state index contributed by atoms with van der Waals surface area (Å²) in [5, 5.41) is 44.7. The van der Waals surface area contributed by atoms with Crippen LogP contribution in [0.15, 0.2) is 84.9 Å². The van der Waals surface area contributed by atoms with Crippen LogP contribution in [0.1, 0.15) is 89.7 Å². The van der Waals surface area contributed by atoms with E-state index in [0.717, 1.165) is 88.7 Å². The quantitative estimate of drug-likeness (QED) is 0.137. The van der Waals surface area contributed by atoms with Crippen LogP contribution < -0.4 is 0 Å². The molecule has 0 fully saturated rings. The molecule has 0 spiro atoms. The molecule has 6 aromatic rings. The summed E-state index contributed by atoms with van der Waals surface area (Å²) in [5.74, 6) is 0.755. The summed E-state index contributed by atoms with van der Waals surface area (Å²) in [6.45, 7) is 15.9. The van der Waals surface area contributed by atoms with Gasteiger partial charge in [-0.3, -0.25) is 0 Å². The number of hydrogen-bond acceptors (Lipinski definition) is 4. The molecule has 244 valence electrons. The lowest BCUT2D eigenvalue weighted by atomic mass is 9.75. The van der Waals surface area contributed by atoms with Gasteiger partial charge in [0.2, 0.25) is 0 Å². The van der Waals surface area contributed by atoms with Crippen LogP contribution in [0.3, 0.4) is 0 Å². The SMILES string of the molecule is Cc1cc(C(c2cc(C)c(O)cc2C)c2ccc(C(c3cc(C)c(O)cc3C)c3cc(C)c(O)cc3C)c3ccccc23)c(C)cc1O. The Morgan fingerprint density at radius 2 is 0.562 bits per heavy atom. The minimum Gasteiger partial charge on any atom is -0.508 e. The van der Waals surface area contributed by atoms with Gasteiger partial charge in [-0.1, -0.05) is 60.7 Å². The van der Waals surface area contributed by atoms with Crippen molar-refractivity contribution in [2.45, 2.75) is 67.2 Å². The maximum absolute atomic E-state index is 10.6. The number of rotatable bonds is 6. The van der Waals surface area contributed by atoms with Gasteiger partial charge in [-0.25, -0.2) is 0 Å². The van der Waals surface area contributed by atoms with Gasteiger partial charge in [-0.05, 0) is 168 Å². The second-order valence-corrected chi connectivity index (χ2v) is 13.6. The smallest absolute Gasteiger partial charge is 0.118 e. The highest BCUT2D eigenvalue weighted by Crippen LogP contribution is 2.46. The van der Waals surface area contributed by atoms with E-state index in [-0.39, 0.29) is 34.8 Å². The van der Waals surface area contributed by atoms with E-state index in [0.29, 0.717) is 0 Å². The molecule has 0 amide bonds. The van der Waals surface area contributed by atoms with Crippen LogP contribution in [0.2, 0.25) is 0 Å². The first-order valence-corrected chi connectivity index (χ1v) is 16.5. The van der Waals surface area contributed by atoms with Crippen molar-refractivity contribution >= 4 is 10.8 Å². The second kappa shape index (κ2) is 12.4. The highest BCUT2D eigenvalue weighted by Gasteiger charge is 2.28. The van der Waals surface area contributed by atoms with Gasteiger partial charge in [-0.2, -0.15) is 0 Å². The van der Waals surface area contributed by atoms with Crippen molar-refractivity contribution in [3.63, 3.8) is 0 Å². The molecular formula is C44H44O4. The Bertz CT molecular complexity index is 1950. The average molecular weight is 637 g/mol. The van der Waals surface area contributed by atoms with E-state index in [1.807, 2.05) is 79.7 Å². The minimum absolute atomic E-state index is 0.170. The Kier molecular flexibility index (Phi) is 8.47. The summed E-state index contributed by atoms with van der Waals surface area (Å²) in [6.07, 6.45) is 0. The predicted octanol–water partition coefficient (Wildman–Crippen LogP) is 10.5. The zero-order chi connectivity index (χ0) is 34.6. The highest BCUT2D eigenvalue weighted by molar-refractivity contribution is 5.91. The Balaban J connectivity index is 1.70. The molecule has 0 saturated carbocycles. The zero-order valence-electron chi connectivity index (χ0n) is 29.0. The molecule has 0 unspecified atom stereocenters. The highest BCUT2D eigenvalue weighted by atomic mass is 16.3. The topological polar surface area (TPSA) is 80.9 Å². The zero-order valence-corrected chi connectivity index (χ0v) is 29.0. The van der Waals surface area contributed by atoms with Gasteiger partial charge < -0.3 is 20.4 Å². The van der Waals surface area contributed by atoms with Crippen LogP contribution in [0.5, 0.6) is 23.0 Å². The van der Waals surface area contributed by atoms with E-state index in [2.05, 4.69) is 60.7 Å². The summed E-state index contributed by atoms with van der Waals surface area (Å²) in [6, 6.07) is 28.8. The normalized spacial score (nSPS) is 11.6. The largest absolute Gasteiger partial charge is 0.508 e. The van der Waals surface area contributed by atoms with E-state index < -0.39 is 0 Å². The van der Waals surface area contributed by atoms with Gasteiger partial charge in [0.1, 0.15) is 23.0 Å². The fourth-order valence-electron chi connectivity index (χ4n) is 7.39. The Morgan fingerprint density at radius 3 is 0.812 bits per heavy atom. The molecule has 0 saturated heterocycles. The van der Waals surface area contributed by atoms with Gasteiger partial charge in [0.25, 0.3) is 0 Å². The van der Waals surface area contributed by atoms with E-state index in [4.69, 9.17) is 0 Å². The number of aromatic hydroxyl groups is 4. The van der Waals surface area contributed by atoms with Crippen LogP contribution in [-0.4, -0.2) is 20.4 Å². The summed E-state index contributed by atoms with van der Waals surface area (Å²) in [4.78, 5) is 0. The molecule has 0 aromatic heterocycles. The number of aryl methyl sites for hydroxylation is 8. The number of hydrogen-bond donors (Lipinski definition) is 4. The fourth-order valence-corrected chi connectivity index (χ4v) is 7.39. The maximum Gasteiger partial charge on any atom is 0.118 e. The first-order chi connectivity index (χ1) is 22.8. The molecule has 0 bridgehead atoms. The maximum atomic E-state index is 10.6. The molecule has 4 N–H and O–H groups in total. The summed E-state index contributed by atoms with van der Waals surface area (Å²) < 4.78 is 0. The molecule has 4 nitrogen and oxygen atoms in total. The van der Waals surface area contributed by atoms with Crippen LogP contribution in [0.4, 0.5) is 0 Å². The van der Waals surface area contributed by atoms with Crippen molar-refractivity contribution in [3.05, 3.63) is 163 Å².